The van der Waals surface area contributed by atoms with Gasteiger partial charge in [0.25, 0.3) is 6.43 Å². The number of alkyl halides is 5. The Morgan fingerprint density at radius 2 is 1.70 bits per heavy atom. The fourth-order valence-electron chi connectivity index (χ4n) is 4.87. The third kappa shape index (κ3) is 5.00. The average molecular weight is 589 g/mol. The van der Waals surface area contributed by atoms with E-state index < -0.39 is 75.1 Å². The number of aromatic nitrogens is 3. The first-order chi connectivity index (χ1) is 18.8. The fourth-order valence-corrected chi connectivity index (χ4v) is 6.74. The van der Waals surface area contributed by atoms with Gasteiger partial charge in [0.2, 0.25) is 21.8 Å². The van der Waals surface area contributed by atoms with Crippen LogP contribution in [0.15, 0.2) is 47.8 Å². The molecular weight excluding hydrogens is 571 g/mol. The zero-order valence-corrected chi connectivity index (χ0v) is 20.9. The van der Waals surface area contributed by atoms with E-state index in [4.69, 9.17) is 0 Å². The number of sulfonamides is 1. The third-order valence-corrected chi connectivity index (χ3v) is 8.81. The largest absolute Gasteiger partial charge is 0.451 e. The van der Waals surface area contributed by atoms with Gasteiger partial charge in [-0.1, -0.05) is 0 Å². The van der Waals surface area contributed by atoms with Gasteiger partial charge in [0.15, 0.2) is 11.6 Å². The lowest BCUT2D eigenvalue weighted by Gasteiger charge is -2.25. The first kappa shape index (κ1) is 27.9. The minimum Gasteiger partial charge on any atom is -0.351 e. The molecule has 2 aromatic heterocycles. The number of carbonyl (C=O) groups excluding carboxylic acids is 1. The van der Waals surface area contributed by atoms with Crippen LogP contribution in [-0.2, 0) is 27.5 Å². The standard InChI is InChI=1S/C24H18F7N5O3S/c25-17-2-1-15(6-18(17)26)40(38,39)36-14-3-11(4-14)20(36)22(37)33-7-12-5-19(32-10-16(12)21(27)28)13-8-34-23(35-9-13)24(29,30)31/h1-2,5-6,8-11,14,20-21H,3-4,7H2,(H,33,37)/t11?,14?,20-/m0/s1. The summed E-state index contributed by atoms with van der Waals surface area (Å²) < 4.78 is 120. The van der Waals surface area contributed by atoms with E-state index in [0.717, 1.165) is 35.0 Å². The Morgan fingerprint density at radius 1 is 1.02 bits per heavy atom. The molecule has 1 amide bonds. The number of hydrogen-bond donors (Lipinski definition) is 1. The van der Waals surface area contributed by atoms with Crippen molar-refractivity contribution < 1.29 is 43.9 Å². The molecule has 6 rings (SSSR count). The Morgan fingerprint density at radius 3 is 2.30 bits per heavy atom. The molecule has 3 fully saturated rings. The van der Waals surface area contributed by atoms with Gasteiger partial charge in [-0.25, -0.2) is 35.9 Å². The van der Waals surface area contributed by atoms with Gasteiger partial charge in [-0.2, -0.15) is 17.5 Å². The molecule has 1 aliphatic carbocycles. The predicted octanol–water partition coefficient (Wildman–Crippen LogP) is 4.24. The Kier molecular flexibility index (Phi) is 7.02. The topological polar surface area (TPSA) is 105 Å². The van der Waals surface area contributed by atoms with Gasteiger partial charge in [-0.3, -0.25) is 9.78 Å². The molecule has 212 valence electrons. The Bertz CT molecular complexity index is 1560. The molecule has 0 radical (unpaired) electrons. The minimum absolute atomic E-state index is 0.00167. The number of amides is 1. The highest BCUT2D eigenvalue weighted by molar-refractivity contribution is 7.89. The Balaban J connectivity index is 1.37. The monoisotopic (exact) mass is 589 g/mol. The first-order valence-electron chi connectivity index (χ1n) is 11.7. The van der Waals surface area contributed by atoms with Crippen LogP contribution in [0.25, 0.3) is 11.3 Å². The SMILES string of the molecule is O=C(NCc1cc(-c2cnc(C(F)(F)F)nc2)ncc1C(F)F)[C@@H]1C2CC(C2)N1S(=O)(=O)c1ccc(F)c(F)c1. The molecule has 0 spiro atoms. The van der Waals surface area contributed by atoms with E-state index in [9.17, 15) is 43.9 Å². The normalized spacial score (nSPS) is 20.9. The van der Waals surface area contributed by atoms with E-state index in [-0.39, 0.29) is 22.7 Å². The number of halogens is 7. The second-order valence-corrected chi connectivity index (χ2v) is 11.2. The van der Waals surface area contributed by atoms with E-state index >= 15 is 0 Å². The van der Waals surface area contributed by atoms with Crippen molar-refractivity contribution in [3.63, 3.8) is 0 Å². The van der Waals surface area contributed by atoms with Gasteiger partial charge in [-0.15, -0.1) is 0 Å². The maximum absolute atomic E-state index is 13.7. The summed E-state index contributed by atoms with van der Waals surface area (Å²) in [7, 11) is -4.40. The summed E-state index contributed by atoms with van der Waals surface area (Å²) >= 11 is 0. The number of rotatable bonds is 7. The number of nitrogens with one attached hydrogen (secondary N) is 1. The van der Waals surface area contributed by atoms with Gasteiger partial charge in [0, 0.05) is 42.3 Å². The number of benzene rings is 1. The van der Waals surface area contributed by atoms with Crippen molar-refractivity contribution in [1.82, 2.24) is 24.6 Å². The van der Waals surface area contributed by atoms with Crippen molar-refractivity contribution >= 4 is 15.9 Å². The molecule has 2 saturated heterocycles. The van der Waals surface area contributed by atoms with Crippen LogP contribution in [-0.4, -0.2) is 45.7 Å². The molecule has 8 nitrogen and oxygen atoms in total. The summed E-state index contributed by atoms with van der Waals surface area (Å²) in [5.74, 6) is -5.16. The molecule has 1 N–H and O–H groups in total. The quantitative estimate of drug-likeness (QED) is 0.414. The molecule has 3 aromatic rings. The van der Waals surface area contributed by atoms with Crippen LogP contribution in [0.2, 0.25) is 0 Å². The summed E-state index contributed by atoms with van der Waals surface area (Å²) in [6.07, 6.45) is -4.61. The third-order valence-electron chi connectivity index (χ3n) is 6.88. The Hall–Kier alpha value is -3.66. The van der Waals surface area contributed by atoms with Crippen LogP contribution in [0.4, 0.5) is 30.7 Å². The lowest BCUT2D eigenvalue weighted by Crippen LogP contribution is -2.46. The van der Waals surface area contributed by atoms with Crippen LogP contribution in [0.3, 0.4) is 0 Å². The summed E-state index contributed by atoms with van der Waals surface area (Å²) in [6, 6.07) is 1.46. The fraction of sp³-hybridized carbons (Fsp3) is 0.333. The van der Waals surface area contributed by atoms with Gasteiger partial charge >= 0.3 is 6.18 Å². The molecular formula is C24H18F7N5O3S. The van der Waals surface area contributed by atoms with Crippen LogP contribution >= 0.6 is 0 Å². The highest BCUT2D eigenvalue weighted by atomic mass is 32.2. The number of pyridine rings is 1. The molecule has 1 atom stereocenters. The van der Waals surface area contributed by atoms with Crippen molar-refractivity contribution in [2.24, 2.45) is 5.92 Å². The predicted molar refractivity (Wildman–Crippen MR) is 123 cm³/mol. The molecule has 3 aliphatic rings. The number of fused-ring (bicyclic) bond motifs is 1. The van der Waals surface area contributed by atoms with Crippen LogP contribution in [0.1, 0.15) is 36.2 Å². The van der Waals surface area contributed by atoms with E-state index in [1.165, 1.54) is 0 Å². The summed E-state index contributed by atoms with van der Waals surface area (Å²) in [5, 5.41) is 2.45. The lowest BCUT2D eigenvalue weighted by molar-refractivity contribution is -0.145. The van der Waals surface area contributed by atoms with Crippen LogP contribution in [0, 0.1) is 17.6 Å². The highest BCUT2D eigenvalue weighted by Gasteiger charge is 2.58. The van der Waals surface area contributed by atoms with Crippen molar-refractivity contribution in [2.45, 2.75) is 49.0 Å². The van der Waals surface area contributed by atoms with Gasteiger partial charge in [0.1, 0.15) is 6.04 Å². The molecule has 4 heterocycles. The second kappa shape index (κ2) is 10.1. The summed E-state index contributed by atoms with van der Waals surface area (Å²) in [6.45, 7) is -0.484. The maximum Gasteiger partial charge on any atom is 0.451 e. The van der Waals surface area contributed by atoms with Crippen molar-refractivity contribution in [2.75, 3.05) is 0 Å². The molecule has 1 saturated carbocycles. The number of hydrogen-bond acceptors (Lipinski definition) is 6. The molecule has 1 aromatic carbocycles. The van der Waals surface area contributed by atoms with E-state index in [2.05, 4.69) is 20.3 Å². The van der Waals surface area contributed by atoms with Gasteiger partial charge in [0.05, 0.1) is 10.6 Å². The summed E-state index contributed by atoms with van der Waals surface area (Å²) in [5.41, 5.74) is -0.706. The smallest absolute Gasteiger partial charge is 0.351 e. The summed E-state index contributed by atoms with van der Waals surface area (Å²) in [4.78, 5) is 22.9. The molecule has 40 heavy (non-hydrogen) atoms. The second-order valence-electron chi connectivity index (χ2n) is 9.32. The lowest BCUT2D eigenvalue weighted by atomic mass is 9.83. The van der Waals surface area contributed by atoms with Crippen LogP contribution < -0.4 is 5.32 Å². The zero-order chi connectivity index (χ0) is 29.0. The highest BCUT2D eigenvalue weighted by Crippen LogP contribution is 2.48. The Labute approximate surface area is 222 Å². The van der Waals surface area contributed by atoms with Crippen LogP contribution in [0.5, 0.6) is 0 Å². The van der Waals surface area contributed by atoms with E-state index in [1.807, 2.05) is 0 Å². The number of carbonyl (C=O) groups is 1. The number of nitrogens with zero attached hydrogens (tertiary/aromatic N) is 4. The molecule has 0 unspecified atom stereocenters. The minimum atomic E-state index is -4.78. The van der Waals surface area contributed by atoms with E-state index in [0.29, 0.717) is 25.0 Å². The van der Waals surface area contributed by atoms with Crippen molar-refractivity contribution in [3.8, 4) is 11.3 Å². The molecule has 2 aliphatic heterocycles. The van der Waals surface area contributed by atoms with Gasteiger partial charge < -0.3 is 5.32 Å². The van der Waals surface area contributed by atoms with Crippen molar-refractivity contribution in [3.05, 3.63) is 71.4 Å². The molecule has 2 bridgehead atoms. The van der Waals surface area contributed by atoms with Crippen molar-refractivity contribution in [1.29, 1.82) is 0 Å². The first-order valence-corrected chi connectivity index (χ1v) is 13.1. The van der Waals surface area contributed by atoms with E-state index in [1.54, 1.807) is 0 Å². The maximum atomic E-state index is 13.7. The van der Waals surface area contributed by atoms with Gasteiger partial charge in [-0.05, 0) is 48.6 Å². The average Bonchev–Trinajstić information content (AvgIpc) is 3.46. The molecule has 16 heteroatoms. The zero-order valence-electron chi connectivity index (χ0n) is 20.0.